The first-order valence-electron chi connectivity index (χ1n) is 7.47. The fourth-order valence-electron chi connectivity index (χ4n) is 2.45. The molecule has 4 rings (SSSR count). The number of thioether (sulfide) groups is 2. The predicted molar refractivity (Wildman–Crippen MR) is 102 cm³/mol. The maximum atomic E-state index is 3.58. The molecule has 0 bridgehead atoms. The first kappa shape index (κ1) is 14.5. The number of anilines is 1. The van der Waals surface area contributed by atoms with Crippen molar-refractivity contribution in [2.45, 2.75) is 9.79 Å². The van der Waals surface area contributed by atoms with Gasteiger partial charge in [-0.1, -0.05) is 84.2 Å². The number of para-hydroxylation sites is 1. The second-order valence-electron chi connectivity index (χ2n) is 5.16. The Kier molecular flexibility index (Phi) is 4.14. The van der Waals surface area contributed by atoms with Crippen LogP contribution in [0.1, 0.15) is 5.56 Å². The number of fused-ring (bicyclic) bond motifs is 1. The second-order valence-corrected chi connectivity index (χ2v) is 7.30. The minimum absolute atomic E-state index is 1.19. The molecule has 1 N–H and O–H groups in total. The molecule has 3 aromatic carbocycles. The van der Waals surface area contributed by atoms with Gasteiger partial charge in [0.1, 0.15) is 0 Å². The van der Waals surface area contributed by atoms with Gasteiger partial charge in [0.2, 0.25) is 0 Å². The molecular formula is C20H15NS2. The first-order valence-corrected chi connectivity index (χ1v) is 9.10. The Labute approximate surface area is 144 Å². The molecule has 0 aromatic heterocycles. The van der Waals surface area contributed by atoms with E-state index in [-0.39, 0.29) is 0 Å². The Morgan fingerprint density at radius 1 is 0.739 bits per heavy atom. The van der Waals surface area contributed by atoms with E-state index in [4.69, 9.17) is 0 Å². The largest absolute Gasteiger partial charge is 0.348 e. The standard InChI is InChI=1S/C20H15NS2/c1-3-9-15(10-4-1)19(22-16-11-5-2-6-12-16)20-21-17-13-7-8-14-18(17)23-20/h1-14,21H/b20-19+. The van der Waals surface area contributed by atoms with E-state index in [1.807, 2.05) is 0 Å². The topological polar surface area (TPSA) is 12.0 Å². The molecule has 0 saturated heterocycles. The van der Waals surface area contributed by atoms with E-state index in [2.05, 4.69) is 90.2 Å². The van der Waals surface area contributed by atoms with Crippen molar-refractivity contribution >= 4 is 34.1 Å². The molecule has 112 valence electrons. The van der Waals surface area contributed by atoms with Gasteiger partial charge in [-0.05, 0) is 29.8 Å². The van der Waals surface area contributed by atoms with Crippen molar-refractivity contribution in [3.63, 3.8) is 0 Å². The summed E-state index contributed by atoms with van der Waals surface area (Å²) < 4.78 is 0. The normalized spacial score (nSPS) is 15.0. The van der Waals surface area contributed by atoms with Gasteiger partial charge in [-0.15, -0.1) is 0 Å². The van der Waals surface area contributed by atoms with Crippen LogP contribution in [0.2, 0.25) is 0 Å². The molecule has 0 amide bonds. The summed E-state index contributed by atoms with van der Waals surface area (Å²) in [5.41, 5.74) is 2.43. The summed E-state index contributed by atoms with van der Waals surface area (Å²) in [6, 6.07) is 29.6. The quantitative estimate of drug-likeness (QED) is 0.563. The lowest BCUT2D eigenvalue weighted by Gasteiger charge is -2.11. The highest BCUT2D eigenvalue weighted by atomic mass is 32.2. The van der Waals surface area contributed by atoms with Crippen LogP contribution in [0, 0.1) is 0 Å². The second kappa shape index (κ2) is 6.57. The molecular weight excluding hydrogens is 318 g/mol. The molecule has 1 nitrogen and oxygen atoms in total. The lowest BCUT2D eigenvalue weighted by atomic mass is 10.2. The number of rotatable bonds is 3. The number of hydrogen-bond donors (Lipinski definition) is 1. The molecule has 0 radical (unpaired) electrons. The van der Waals surface area contributed by atoms with E-state index in [1.54, 1.807) is 23.5 Å². The molecule has 3 heteroatoms. The minimum Gasteiger partial charge on any atom is -0.348 e. The van der Waals surface area contributed by atoms with Crippen LogP contribution in [0.25, 0.3) is 4.91 Å². The smallest absolute Gasteiger partial charge is 0.0923 e. The number of nitrogens with one attached hydrogen (secondary N) is 1. The van der Waals surface area contributed by atoms with Crippen LogP contribution in [0.4, 0.5) is 5.69 Å². The maximum absolute atomic E-state index is 3.58. The lowest BCUT2D eigenvalue weighted by Crippen LogP contribution is -1.93. The van der Waals surface area contributed by atoms with Crippen LogP contribution >= 0.6 is 23.5 Å². The zero-order chi connectivity index (χ0) is 15.5. The third-order valence-electron chi connectivity index (χ3n) is 3.55. The van der Waals surface area contributed by atoms with E-state index in [0.29, 0.717) is 0 Å². The van der Waals surface area contributed by atoms with Gasteiger partial charge >= 0.3 is 0 Å². The Morgan fingerprint density at radius 3 is 2.13 bits per heavy atom. The minimum atomic E-state index is 1.19. The van der Waals surface area contributed by atoms with Crippen molar-refractivity contribution in [3.8, 4) is 0 Å². The molecule has 0 saturated carbocycles. The predicted octanol–water partition coefficient (Wildman–Crippen LogP) is 6.32. The summed E-state index contributed by atoms with van der Waals surface area (Å²) in [7, 11) is 0. The van der Waals surface area contributed by atoms with Crippen LogP contribution in [-0.4, -0.2) is 0 Å². The van der Waals surface area contributed by atoms with Crippen LogP contribution in [-0.2, 0) is 0 Å². The van der Waals surface area contributed by atoms with E-state index in [0.717, 1.165) is 0 Å². The van der Waals surface area contributed by atoms with Crippen molar-refractivity contribution in [3.05, 3.63) is 95.5 Å². The SMILES string of the molecule is c1ccc(S/C(=C2\Nc3ccccc3S2)c2ccccc2)cc1. The third-order valence-corrected chi connectivity index (χ3v) is 5.92. The van der Waals surface area contributed by atoms with Gasteiger partial charge in [0.25, 0.3) is 0 Å². The van der Waals surface area contributed by atoms with Gasteiger partial charge < -0.3 is 5.32 Å². The summed E-state index contributed by atoms with van der Waals surface area (Å²) in [5.74, 6) is 0. The van der Waals surface area contributed by atoms with Crippen LogP contribution in [0.15, 0.2) is 99.7 Å². The molecule has 1 aliphatic heterocycles. The Hall–Kier alpha value is -2.10. The van der Waals surface area contributed by atoms with Crippen LogP contribution in [0.5, 0.6) is 0 Å². The van der Waals surface area contributed by atoms with Crippen molar-refractivity contribution in [2.24, 2.45) is 0 Å². The average Bonchev–Trinajstić information content (AvgIpc) is 3.05. The van der Waals surface area contributed by atoms with Crippen molar-refractivity contribution < 1.29 is 0 Å². The first-order chi connectivity index (χ1) is 11.4. The monoisotopic (exact) mass is 333 g/mol. The lowest BCUT2D eigenvalue weighted by molar-refractivity contribution is 1.46. The highest BCUT2D eigenvalue weighted by Gasteiger charge is 2.20. The molecule has 3 aromatic rings. The third kappa shape index (κ3) is 3.16. The molecule has 0 unspecified atom stereocenters. The van der Waals surface area contributed by atoms with Gasteiger partial charge in [-0.3, -0.25) is 0 Å². The van der Waals surface area contributed by atoms with Crippen molar-refractivity contribution in [2.75, 3.05) is 5.32 Å². The summed E-state index contributed by atoms with van der Waals surface area (Å²) in [4.78, 5) is 3.79. The number of hydrogen-bond acceptors (Lipinski definition) is 3. The van der Waals surface area contributed by atoms with Gasteiger partial charge in [-0.25, -0.2) is 0 Å². The Morgan fingerprint density at radius 2 is 1.39 bits per heavy atom. The highest BCUT2D eigenvalue weighted by molar-refractivity contribution is 8.11. The molecule has 0 atom stereocenters. The van der Waals surface area contributed by atoms with Gasteiger partial charge in [0.05, 0.1) is 10.7 Å². The maximum Gasteiger partial charge on any atom is 0.0923 e. The van der Waals surface area contributed by atoms with E-state index in [1.165, 1.54) is 31.0 Å². The fourth-order valence-corrected chi connectivity index (χ4v) is 4.60. The molecule has 0 aliphatic carbocycles. The molecule has 1 aliphatic rings. The van der Waals surface area contributed by atoms with Crippen LogP contribution in [0.3, 0.4) is 0 Å². The molecule has 0 spiro atoms. The average molecular weight is 333 g/mol. The van der Waals surface area contributed by atoms with E-state index < -0.39 is 0 Å². The summed E-state index contributed by atoms with van der Waals surface area (Å²) >= 11 is 3.61. The summed E-state index contributed by atoms with van der Waals surface area (Å²) in [6.45, 7) is 0. The van der Waals surface area contributed by atoms with Crippen molar-refractivity contribution in [1.29, 1.82) is 0 Å². The number of benzene rings is 3. The Balaban J connectivity index is 1.76. The highest BCUT2D eigenvalue weighted by Crippen LogP contribution is 2.48. The summed E-state index contributed by atoms with van der Waals surface area (Å²) in [5, 5.41) is 4.78. The van der Waals surface area contributed by atoms with Gasteiger partial charge in [-0.2, -0.15) is 0 Å². The fraction of sp³-hybridized carbons (Fsp3) is 0. The Bertz CT molecular complexity index is 815. The molecule has 1 heterocycles. The van der Waals surface area contributed by atoms with E-state index in [9.17, 15) is 0 Å². The zero-order valence-corrected chi connectivity index (χ0v) is 14.0. The molecule has 0 fully saturated rings. The molecule has 23 heavy (non-hydrogen) atoms. The zero-order valence-electron chi connectivity index (χ0n) is 12.4. The summed E-state index contributed by atoms with van der Waals surface area (Å²) in [6.07, 6.45) is 0. The van der Waals surface area contributed by atoms with Gasteiger partial charge in [0, 0.05) is 14.7 Å². The van der Waals surface area contributed by atoms with Gasteiger partial charge in [0.15, 0.2) is 0 Å². The van der Waals surface area contributed by atoms with Crippen molar-refractivity contribution in [1.82, 2.24) is 0 Å². The van der Waals surface area contributed by atoms with Crippen LogP contribution < -0.4 is 5.32 Å². The van der Waals surface area contributed by atoms with E-state index >= 15 is 0 Å².